The van der Waals surface area contributed by atoms with Crippen molar-refractivity contribution in [1.29, 1.82) is 0 Å². The number of benzene rings is 9. The topological polar surface area (TPSA) is 12.6 Å². The lowest BCUT2D eigenvalue weighted by Gasteiger charge is -2.43. The first-order valence-electron chi connectivity index (χ1n) is 21.5. The van der Waals surface area contributed by atoms with E-state index in [9.17, 15) is 0 Å². The van der Waals surface area contributed by atoms with Crippen molar-refractivity contribution in [3.63, 3.8) is 0 Å². The van der Waals surface area contributed by atoms with Crippen molar-refractivity contribution >= 4 is 99.8 Å². The standard InChI is InChI=1S/C56H38BN3/c1-2-3-15-34-28-30-49(44(32-34)35-16-5-4-6-17-35)60-50-31-29-43-42-23-13-22-40-38-20-9-11-26-47(38)58(53(40)42)55(43)51(50)45-33-36-18-7-8-19-37(36)56-52(45)57(60)46-25-14-24-41-39-21-10-12-27-48(39)59(56)54(41)46/h4-14,16-33H,2-3,15H2,1H3. The Morgan fingerprint density at radius 1 is 0.483 bits per heavy atom. The van der Waals surface area contributed by atoms with Crippen molar-refractivity contribution in [2.45, 2.75) is 26.2 Å². The van der Waals surface area contributed by atoms with Crippen LogP contribution < -0.4 is 15.7 Å². The quantitative estimate of drug-likeness (QED) is 0.159. The van der Waals surface area contributed by atoms with Crippen molar-refractivity contribution < 1.29 is 0 Å². The molecule has 0 unspecified atom stereocenters. The average Bonchev–Trinajstić information content (AvgIpc) is 3.96. The molecule has 14 rings (SSSR count). The number of anilines is 2. The molecule has 3 nitrogen and oxygen atoms in total. The molecule has 2 aliphatic rings. The molecular formula is C56H38BN3. The van der Waals surface area contributed by atoms with Crippen LogP contribution in [0.1, 0.15) is 25.3 Å². The Morgan fingerprint density at radius 2 is 1.13 bits per heavy atom. The Morgan fingerprint density at radius 3 is 1.97 bits per heavy atom. The van der Waals surface area contributed by atoms with Crippen molar-refractivity contribution in [3.05, 3.63) is 181 Å². The second-order valence-electron chi connectivity index (χ2n) is 17.0. The van der Waals surface area contributed by atoms with Gasteiger partial charge in [-0.1, -0.05) is 153 Å². The highest BCUT2D eigenvalue weighted by Gasteiger charge is 2.46. The van der Waals surface area contributed by atoms with Crippen LogP contribution in [-0.4, -0.2) is 15.8 Å². The fraction of sp³-hybridized carbons (Fsp3) is 0.0714. The molecule has 5 heterocycles. The zero-order valence-electron chi connectivity index (χ0n) is 33.3. The van der Waals surface area contributed by atoms with Crippen molar-refractivity contribution in [3.8, 4) is 27.9 Å². The highest BCUT2D eigenvalue weighted by Crippen LogP contribution is 2.52. The number of fused-ring (bicyclic) bond motifs is 16. The molecule has 0 atom stereocenters. The minimum absolute atomic E-state index is 0.0835. The largest absolute Gasteiger partial charge is 0.376 e. The van der Waals surface area contributed by atoms with Crippen LogP contribution in [0.2, 0.25) is 0 Å². The van der Waals surface area contributed by atoms with E-state index >= 15 is 0 Å². The van der Waals surface area contributed by atoms with Gasteiger partial charge in [0.05, 0.1) is 33.3 Å². The zero-order valence-corrected chi connectivity index (χ0v) is 33.3. The summed E-state index contributed by atoms with van der Waals surface area (Å²) in [5.74, 6) is 0. The summed E-state index contributed by atoms with van der Waals surface area (Å²) in [5.41, 5.74) is 19.4. The Balaban J connectivity index is 1.22. The molecule has 2 aliphatic heterocycles. The zero-order chi connectivity index (χ0) is 39.2. The van der Waals surface area contributed by atoms with Crippen LogP contribution in [0.15, 0.2) is 176 Å². The first kappa shape index (κ1) is 32.6. The second kappa shape index (κ2) is 11.9. The molecule has 0 saturated heterocycles. The number of hydrogen-bond acceptors (Lipinski definition) is 1. The van der Waals surface area contributed by atoms with Crippen LogP contribution in [0.5, 0.6) is 0 Å². The lowest BCUT2D eigenvalue weighted by Crippen LogP contribution is -2.60. The lowest BCUT2D eigenvalue weighted by molar-refractivity contribution is 0.795. The third kappa shape index (κ3) is 4.06. The molecular weight excluding hydrogens is 725 g/mol. The molecule has 0 spiro atoms. The Labute approximate surface area is 347 Å². The van der Waals surface area contributed by atoms with E-state index in [2.05, 4.69) is 197 Å². The molecule has 60 heavy (non-hydrogen) atoms. The number of aryl methyl sites for hydroxylation is 1. The van der Waals surface area contributed by atoms with Crippen LogP contribution in [0.3, 0.4) is 0 Å². The maximum atomic E-state index is 2.74. The number of para-hydroxylation sites is 4. The van der Waals surface area contributed by atoms with E-state index in [4.69, 9.17) is 0 Å². The summed E-state index contributed by atoms with van der Waals surface area (Å²) < 4.78 is 5.22. The summed E-state index contributed by atoms with van der Waals surface area (Å²) in [4.78, 5) is 2.74. The maximum Gasteiger partial charge on any atom is 0.333 e. The Bertz CT molecular complexity index is 3780. The molecule has 3 aromatic heterocycles. The monoisotopic (exact) mass is 763 g/mol. The third-order valence-corrected chi connectivity index (χ3v) is 14.0. The molecule has 4 heteroatoms. The van der Waals surface area contributed by atoms with Gasteiger partial charge in [0.25, 0.3) is 0 Å². The molecule has 0 fully saturated rings. The van der Waals surface area contributed by atoms with Gasteiger partial charge in [-0.25, -0.2) is 0 Å². The van der Waals surface area contributed by atoms with Gasteiger partial charge < -0.3 is 13.8 Å². The number of aromatic nitrogens is 2. The van der Waals surface area contributed by atoms with E-state index in [-0.39, 0.29) is 6.85 Å². The van der Waals surface area contributed by atoms with Crippen LogP contribution in [0.4, 0.5) is 11.4 Å². The summed E-state index contributed by atoms with van der Waals surface area (Å²) in [6.07, 6.45) is 3.41. The minimum Gasteiger partial charge on any atom is -0.376 e. The van der Waals surface area contributed by atoms with Crippen molar-refractivity contribution in [1.82, 2.24) is 8.97 Å². The summed E-state index contributed by atoms with van der Waals surface area (Å²) >= 11 is 0. The highest BCUT2D eigenvalue weighted by atomic mass is 15.1. The van der Waals surface area contributed by atoms with E-state index in [0.29, 0.717) is 0 Å². The van der Waals surface area contributed by atoms with E-state index in [0.717, 1.165) is 6.42 Å². The first-order valence-corrected chi connectivity index (χ1v) is 21.5. The smallest absolute Gasteiger partial charge is 0.333 e. The van der Waals surface area contributed by atoms with Gasteiger partial charge >= 0.3 is 6.85 Å². The van der Waals surface area contributed by atoms with Gasteiger partial charge in [-0.3, -0.25) is 0 Å². The highest BCUT2D eigenvalue weighted by molar-refractivity contribution is 6.94. The molecule has 0 bridgehead atoms. The van der Waals surface area contributed by atoms with Gasteiger partial charge in [-0.05, 0) is 82.2 Å². The van der Waals surface area contributed by atoms with Gasteiger partial charge in [0.1, 0.15) is 0 Å². The number of nitrogens with zero attached hydrogens (tertiary/aromatic N) is 3. The van der Waals surface area contributed by atoms with Crippen LogP contribution >= 0.6 is 0 Å². The Hall–Kier alpha value is -7.30. The molecule has 0 radical (unpaired) electrons. The number of unbranched alkanes of at least 4 members (excludes halogenated alkanes) is 1. The first-order chi connectivity index (χ1) is 29.8. The molecule has 12 aromatic rings. The molecule has 0 saturated carbocycles. The van der Waals surface area contributed by atoms with Gasteiger partial charge in [-0.2, -0.15) is 0 Å². The SMILES string of the molecule is CCCCc1ccc(N2B3c4c(cc5ccccc5c4-n4c5ccccc5c5cccc3c54)-c3c2ccc2c4cccc5c6ccccc6n(c32)c54)c(-c2ccccc2)c1. The molecule has 280 valence electrons. The van der Waals surface area contributed by atoms with E-state index in [1.165, 1.54) is 139 Å². The maximum absolute atomic E-state index is 2.74. The van der Waals surface area contributed by atoms with Crippen molar-refractivity contribution in [2.75, 3.05) is 4.81 Å². The number of hydrogen-bond donors (Lipinski definition) is 0. The molecule has 0 amide bonds. The van der Waals surface area contributed by atoms with Gasteiger partial charge in [0, 0.05) is 60.2 Å². The van der Waals surface area contributed by atoms with Gasteiger partial charge in [0.2, 0.25) is 0 Å². The predicted molar refractivity (Wildman–Crippen MR) is 256 cm³/mol. The lowest BCUT2D eigenvalue weighted by atomic mass is 9.43. The van der Waals surface area contributed by atoms with Gasteiger partial charge in [-0.15, -0.1) is 0 Å². The van der Waals surface area contributed by atoms with Crippen LogP contribution in [0, 0.1) is 0 Å². The minimum atomic E-state index is -0.0835. The summed E-state index contributed by atoms with van der Waals surface area (Å²) in [5, 5.41) is 10.3. The molecule has 0 aliphatic carbocycles. The fourth-order valence-electron chi connectivity index (χ4n) is 11.5. The van der Waals surface area contributed by atoms with Crippen LogP contribution in [-0.2, 0) is 6.42 Å². The van der Waals surface area contributed by atoms with E-state index in [1.54, 1.807) is 0 Å². The summed E-state index contributed by atoms with van der Waals surface area (Å²) in [6.45, 7) is 2.21. The average molecular weight is 764 g/mol. The fourth-order valence-corrected chi connectivity index (χ4v) is 11.5. The Kier molecular flexibility index (Phi) is 6.47. The van der Waals surface area contributed by atoms with Gasteiger partial charge in [0.15, 0.2) is 0 Å². The van der Waals surface area contributed by atoms with E-state index in [1.807, 2.05) is 0 Å². The van der Waals surface area contributed by atoms with Crippen molar-refractivity contribution in [2.24, 2.45) is 0 Å². The summed E-state index contributed by atoms with van der Waals surface area (Å²) in [7, 11) is 0. The predicted octanol–water partition coefficient (Wildman–Crippen LogP) is 13.3. The normalized spacial score (nSPS) is 13.2. The summed E-state index contributed by atoms with van der Waals surface area (Å²) in [6, 6.07) is 66.9. The molecule has 0 N–H and O–H groups in total. The van der Waals surface area contributed by atoms with Crippen LogP contribution in [0.25, 0.3) is 98.6 Å². The second-order valence-corrected chi connectivity index (χ2v) is 17.0. The third-order valence-electron chi connectivity index (χ3n) is 14.0. The molecule has 9 aromatic carbocycles. The van der Waals surface area contributed by atoms with E-state index < -0.39 is 0 Å². The number of rotatable bonds is 5.